The molecule has 174 valence electrons. The first kappa shape index (κ1) is 24.0. The summed E-state index contributed by atoms with van der Waals surface area (Å²) in [4.78, 5) is 22.3. The normalized spacial score (nSPS) is 11.6. The summed E-state index contributed by atoms with van der Waals surface area (Å²) in [5.74, 6) is 0.609. The van der Waals surface area contributed by atoms with E-state index in [-0.39, 0.29) is 18.9 Å². The fourth-order valence-corrected chi connectivity index (χ4v) is 2.92. The number of anilines is 1. The predicted octanol–water partition coefficient (Wildman–Crippen LogP) is 2.30. The van der Waals surface area contributed by atoms with Crippen molar-refractivity contribution in [1.82, 2.24) is 25.2 Å². The Labute approximate surface area is 191 Å². The molecule has 2 heterocycles. The zero-order valence-corrected chi connectivity index (χ0v) is 18.8. The van der Waals surface area contributed by atoms with Crippen molar-refractivity contribution in [3.63, 3.8) is 0 Å². The third-order valence-corrected chi connectivity index (χ3v) is 4.38. The van der Waals surface area contributed by atoms with Gasteiger partial charge in [-0.1, -0.05) is 41.6 Å². The highest BCUT2D eigenvalue weighted by Gasteiger charge is 2.16. The monoisotopic (exact) mass is 453 g/mol. The Bertz CT molecular complexity index is 1050. The summed E-state index contributed by atoms with van der Waals surface area (Å²) in [5.41, 5.74) is 1.89. The van der Waals surface area contributed by atoms with Gasteiger partial charge in [-0.05, 0) is 36.4 Å². The van der Waals surface area contributed by atoms with Gasteiger partial charge in [-0.25, -0.2) is 9.67 Å². The highest BCUT2D eigenvalue weighted by Crippen LogP contribution is 2.11. The lowest BCUT2D eigenvalue weighted by molar-refractivity contribution is -0.150. The second kappa shape index (κ2) is 12.4. The Morgan fingerprint density at radius 2 is 1.85 bits per heavy atom. The van der Waals surface area contributed by atoms with E-state index in [1.165, 1.54) is 4.68 Å². The molecule has 0 aliphatic heterocycles. The van der Waals surface area contributed by atoms with Gasteiger partial charge in [0.15, 0.2) is 18.6 Å². The Morgan fingerprint density at radius 1 is 1.09 bits per heavy atom. The number of aromatic nitrogens is 5. The lowest BCUT2D eigenvalue weighted by Crippen LogP contribution is -2.25. The number of tetrazole rings is 1. The molecule has 0 unspecified atom stereocenters. The molecule has 3 aromatic rings. The molecule has 0 spiro atoms. The van der Waals surface area contributed by atoms with Gasteiger partial charge in [0, 0.05) is 25.8 Å². The zero-order valence-electron chi connectivity index (χ0n) is 18.8. The van der Waals surface area contributed by atoms with Gasteiger partial charge in [-0.2, -0.15) is 0 Å². The average Bonchev–Trinajstić information content (AvgIpc) is 3.23. The van der Waals surface area contributed by atoms with Gasteiger partial charge in [-0.3, -0.25) is 4.79 Å². The molecule has 33 heavy (non-hydrogen) atoms. The summed E-state index contributed by atoms with van der Waals surface area (Å²) in [7, 11) is 1.73. The fraction of sp³-hybridized carbons (Fsp3) is 0.364. The van der Waals surface area contributed by atoms with Crippen LogP contribution < -0.4 is 5.32 Å². The number of aryl methyl sites for hydroxylation is 1. The third-order valence-electron chi connectivity index (χ3n) is 4.38. The SMILES string of the molecule is CCOC(CC(=O)Nc1cccc(CON=C(c2ccccc2)c2nnnn2C)n1)OCC. The quantitative estimate of drug-likeness (QED) is 0.252. The Morgan fingerprint density at radius 3 is 2.52 bits per heavy atom. The number of ether oxygens (including phenoxy) is 2. The molecule has 0 radical (unpaired) electrons. The molecule has 1 amide bonds. The fourth-order valence-electron chi connectivity index (χ4n) is 2.92. The summed E-state index contributed by atoms with van der Waals surface area (Å²) < 4.78 is 12.3. The first-order valence-corrected chi connectivity index (χ1v) is 10.6. The van der Waals surface area contributed by atoms with Crippen LogP contribution >= 0.6 is 0 Å². The number of rotatable bonds is 12. The van der Waals surface area contributed by atoms with Crippen LogP contribution in [0.1, 0.15) is 37.4 Å². The van der Waals surface area contributed by atoms with Crippen LogP contribution in [0.2, 0.25) is 0 Å². The number of nitrogens with zero attached hydrogens (tertiary/aromatic N) is 6. The van der Waals surface area contributed by atoms with E-state index in [1.54, 1.807) is 25.2 Å². The Hall–Kier alpha value is -3.70. The minimum absolute atomic E-state index is 0.0700. The van der Waals surface area contributed by atoms with Crippen LogP contribution in [0.4, 0.5) is 5.82 Å². The second-order valence-corrected chi connectivity index (χ2v) is 6.81. The van der Waals surface area contributed by atoms with Crippen LogP contribution in [0.25, 0.3) is 0 Å². The largest absolute Gasteiger partial charge is 0.389 e. The summed E-state index contributed by atoms with van der Waals surface area (Å²) in [6.45, 7) is 4.70. The molecule has 11 nitrogen and oxygen atoms in total. The van der Waals surface area contributed by atoms with E-state index < -0.39 is 6.29 Å². The highest BCUT2D eigenvalue weighted by molar-refractivity contribution is 6.10. The molecule has 0 bridgehead atoms. The van der Waals surface area contributed by atoms with Crippen molar-refractivity contribution in [3.8, 4) is 0 Å². The minimum Gasteiger partial charge on any atom is -0.389 e. The second-order valence-electron chi connectivity index (χ2n) is 6.81. The molecule has 0 aliphatic rings. The van der Waals surface area contributed by atoms with Crippen molar-refractivity contribution in [3.05, 3.63) is 65.6 Å². The van der Waals surface area contributed by atoms with Gasteiger partial charge in [0.1, 0.15) is 5.82 Å². The van der Waals surface area contributed by atoms with E-state index in [0.29, 0.717) is 36.3 Å². The maximum atomic E-state index is 12.3. The number of oxime groups is 1. The van der Waals surface area contributed by atoms with E-state index in [4.69, 9.17) is 14.3 Å². The number of hydrogen-bond donors (Lipinski definition) is 1. The molecule has 0 fully saturated rings. The summed E-state index contributed by atoms with van der Waals surface area (Å²) in [5, 5.41) is 18.6. The van der Waals surface area contributed by atoms with Crippen LogP contribution in [0.5, 0.6) is 0 Å². The molecule has 11 heteroatoms. The van der Waals surface area contributed by atoms with E-state index in [0.717, 1.165) is 5.56 Å². The van der Waals surface area contributed by atoms with Gasteiger partial charge in [0.05, 0.1) is 12.1 Å². The van der Waals surface area contributed by atoms with Crippen LogP contribution in [-0.4, -0.2) is 56.3 Å². The number of carbonyl (C=O) groups is 1. The van der Waals surface area contributed by atoms with E-state index >= 15 is 0 Å². The molecular formula is C22H27N7O4. The number of carbonyl (C=O) groups excluding carboxylic acids is 1. The van der Waals surface area contributed by atoms with Gasteiger partial charge in [-0.15, -0.1) is 5.10 Å². The molecule has 2 aromatic heterocycles. The molecule has 0 saturated carbocycles. The van der Waals surface area contributed by atoms with Crippen molar-refractivity contribution in [2.75, 3.05) is 18.5 Å². The average molecular weight is 454 g/mol. The van der Waals surface area contributed by atoms with Gasteiger partial charge >= 0.3 is 0 Å². The molecule has 0 atom stereocenters. The third kappa shape index (κ3) is 7.16. The lowest BCUT2D eigenvalue weighted by atomic mass is 10.1. The van der Waals surface area contributed by atoms with Crippen molar-refractivity contribution in [1.29, 1.82) is 0 Å². The van der Waals surface area contributed by atoms with Gasteiger partial charge in [0.25, 0.3) is 0 Å². The van der Waals surface area contributed by atoms with Crippen molar-refractivity contribution >= 4 is 17.4 Å². The number of hydrogen-bond acceptors (Lipinski definition) is 9. The van der Waals surface area contributed by atoms with Crippen LogP contribution in [0, 0.1) is 0 Å². The summed E-state index contributed by atoms with van der Waals surface area (Å²) >= 11 is 0. The number of nitrogens with one attached hydrogen (secondary N) is 1. The van der Waals surface area contributed by atoms with Gasteiger partial charge < -0.3 is 19.6 Å². The minimum atomic E-state index is -0.590. The molecule has 1 aromatic carbocycles. The van der Waals surface area contributed by atoms with Crippen LogP contribution in [-0.2, 0) is 32.8 Å². The van der Waals surface area contributed by atoms with Crippen molar-refractivity contribution in [2.45, 2.75) is 33.2 Å². The molecule has 1 N–H and O–H groups in total. The molecule has 0 saturated heterocycles. The maximum absolute atomic E-state index is 12.3. The first-order chi connectivity index (χ1) is 16.1. The summed E-state index contributed by atoms with van der Waals surface area (Å²) in [6, 6.07) is 14.7. The van der Waals surface area contributed by atoms with E-state index in [9.17, 15) is 4.79 Å². The number of pyridine rings is 1. The van der Waals surface area contributed by atoms with E-state index in [1.807, 2.05) is 44.2 Å². The van der Waals surface area contributed by atoms with Crippen molar-refractivity contribution < 1.29 is 19.1 Å². The molecule has 3 rings (SSSR count). The highest BCUT2D eigenvalue weighted by atomic mass is 16.7. The van der Waals surface area contributed by atoms with Gasteiger partial charge in [0.2, 0.25) is 11.7 Å². The first-order valence-electron chi connectivity index (χ1n) is 10.6. The maximum Gasteiger partial charge on any atom is 0.230 e. The van der Waals surface area contributed by atoms with Crippen LogP contribution in [0.15, 0.2) is 53.7 Å². The van der Waals surface area contributed by atoms with E-state index in [2.05, 4.69) is 31.0 Å². The molecular weight excluding hydrogens is 426 g/mol. The summed E-state index contributed by atoms with van der Waals surface area (Å²) in [6.07, 6.45) is -0.520. The smallest absolute Gasteiger partial charge is 0.230 e. The number of benzene rings is 1. The Kier molecular flexibility index (Phi) is 8.98. The van der Waals surface area contributed by atoms with Crippen LogP contribution in [0.3, 0.4) is 0 Å². The number of amides is 1. The molecule has 0 aliphatic carbocycles. The topological polar surface area (TPSA) is 126 Å². The lowest BCUT2D eigenvalue weighted by Gasteiger charge is -2.16. The standard InChI is InChI=1S/C22H27N7O4/c1-4-31-20(32-5-2)14-19(30)24-18-13-9-12-17(23-18)15-33-26-21(16-10-7-6-8-11-16)22-25-27-28-29(22)3/h6-13,20H,4-5,14-15H2,1-3H3,(H,23,24,30). The Balaban J connectivity index is 1.65. The zero-order chi connectivity index (χ0) is 23.5. The van der Waals surface area contributed by atoms with Crippen molar-refractivity contribution in [2.24, 2.45) is 12.2 Å². The predicted molar refractivity (Wildman–Crippen MR) is 120 cm³/mol.